The Morgan fingerprint density at radius 2 is 2.21 bits per heavy atom. The van der Waals surface area contributed by atoms with Crippen molar-refractivity contribution < 1.29 is 13.2 Å². The first-order valence-corrected chi connectivity index (χ1v) is 4.10. The molecule has 0 fully saturated rings. The van der Waals surface area contributed by atoms with E-state index in [0.717, 1.165) is 0 Å². The van der Waals surface area contributed by atoms with Crippen LogP contribution in [0, 0.1) is 5.95 Å². The highest BCUT2D eigenvalue weighted by Crippen LogP contribution is 2.18. The lowest BCUT2D eigenvalue weighted by Gasteiger charge is -2.23. The Morgan fingerprint density at radius 3 is 2.71 bits per heavy atom. The molecule has 2 nitrogen and oxygen atoms in total. The van der Waals surface area contributed by atoms with Crippen molar-refractivity contribution in [2.45, 2.75) is 25.3 Å². The Kier molecular flexibility index (Phi) is 3.10. The van der Waals surface area contributed by atoms with Gasteiger partial charge in [0.05, 0.1) is 5.54 Å². The summed E-state index contributed by atoms with van der Waals surface area (Å²) < 4.78 is 37.7. The quantitative estimate of drug-likeness (QED) is 0.762. The van der Waals surface area contributed by atoms with Crippen LogP contribution < -0.4 is 5.73 Å². The second-order valence-corrected chi connectivity index (χ2v) is 3.44. The molecule has 0 spiro atoms. The minimum absolute atomic E-state index is 0.109. The zero-order valence-corrected chi connectivity index (χ0v) is 7.67. The van der Waals surface area contributed by atoms with Crippen molar-refractivity contribution in [1.82, 2.24) is 4.98 Å². The molecule has 1 unspecified atom stereocenters. The molecule has 1 rings (SSSR count). The summed E-state index contributed by atoms with van der Waals surface area (Å²) in [4.78, 5) is 3.36. The highest BCUT2D eigenvalue weighted by Gasteiger charge is 2.31. The van der Waals surface area contributed by atoms with Crippen molar-refractivity contribution in [3.8, 4) is 0 Å². The number of nitrogens with two attached hydrogens (primary N) is 1. The predicted molar refractivity (Wildman–Crippen MR) is 46.5 cm³/mol. The number of pyridine rings is 1. The molecule has 0 amide bonds. The molecule has 1 atom stereocenters. The minimum Gasteiger partial charge on any atom is -0.320 e. The van der Waals surface area contributed by atoms with Crippen LogP contribution in [-0.4, -0.2) is 16.9 Å². The van der Waals surface area contributed by atoms with Crippen LogP contribution in [0.15, 0.2) is 18.3 Å². The van der Waals surface area contributed by atoms with E-state index in [2.05, 4.69) is 4.98 Å². The molecular formula is C9H11F3N2. The third kappa shape index (κ3) is 2.45. The Morgan fingerprint density at radius 1 is 1.57 bits per heavy atom. The van der Waals surface area contributed by atoms with Gasteiger partial charge >= 0.3 is 0 Å². The van der Waals surface area contributed by atoms with E-state index >= 15 is 0 Å². The fourth-order valence-electron chi connectivity index (χ4n) is 1.04. The standard InChI is InChI=1S/C9H11F3N2/c1-9(13,8(11)12)5-6-3-2-4-14-7(6)10/h2-4,8H,5,13H2,1H3. The molecule has 0 aliphatic heterocycles. The zero-order valence-electron chi connectivity index (χ0n) is 7.67. The van der Waals surface area contributed by atoms with Gasteiger partial charge in [-0.15, -0.1) is 0 Å². The number of halogens is 3. The monoisotopic (exact) mass is 204 g/mol. The maximum Gasteiger partial charge on any atom is 0.256 e. The second kappa shape index (κ2) is 3.96. The van der Waals surface area contributed by atoms with Crippen LogP contribution in [0.25, 0.3) is 0 Å². The Bertz CT molecular complexity index is 313. The number of hydrogen-bond donors (Lipinski definition) is 1. The molecule has 5 heteroatoms. The molecule has 14 heavy (non-hydrogen) atoms. The lowest BCUT2D eigenvalue weighted by Crippen LogP contribution is -2.46. The van der Waals surface area contributed by atoms with E-state index in [1.807, 2.05) is 0 Å². The first kappa shape index (κ1) is 11.0. The first-order valence-electron chi connectivity index (χ1n) is 4.10. The summed E-state index contributed by atoms with van der Waals surface area (Å²) in [6.45, 7) is 1.18. The molecule has 1 heterocycles. The van der Waals surface area contributed by atoms with Gasteiger partial charge in [0.15, 0.2) is 0 Å². The average Bonchev–Trinajstić information content (AvgIpc) is 2.08. The summed E-state index contributed by atoms with van der Waals surface area (Å²) >= 11 is 0. The van der Waals surface area contributed by atoms with Crippen molar-refractivity contribution in [2.24, 2.45) is 5.73 Å². The van der Waals surface area contributed by atoms with Gasteiger partial charge in [0.25, 0.3) is 6.43 Å². The van der Waals surface area contributed by atoms with Crippen LogP contribution in [0.3, 0.4) is 0 Å². The fraction of sp³-hybridized carbons (Fsp3) is 0.444. The van der Waals surface area contributed by atoms with E-state index in [0.29, 0.717) is 0 Å². The van der Waals surface area contributed by atoms with Crippen LogP contribution in [0.5, 0.6) is 0 Å². The van der Waals surface area contributed by atoms with Crippen molar-refractivity contribution in [3.05, 3.63) is 29.8 Å². The van der Waals surface area contributed by atoms with Gasteiger partial charge in [-0.25, -0.2) is 13.8 Å². The molecule has 2 N–H and O–H groups in total. The Balaban J connectivity index is 2.84. The topological polar surface area (TPSA) is 38.9 Å². The van der Waals surface area contributed by atoms with E-state index in [1.165, 1.54) is 25.3 Å². The molecule has 0 saturated carbocycles. The first-order chi connectivity index (χ1) is 6.43. The van der Waals surface area contributed by atoms with E-state index in [4.69, 9.17) is 5.73 Å². The van der Waals surface area contributed by atoms with Gasteiger partial charge in [-0.3, -0.25) is 0 Å². The number of rotatable bonds is 3. The van der Waals surface area contributed by atoms with Crippen molar-refractivity contribution in [2.75, 3.05) is 0 Å². The molecular weight excluding hydrogens is 193 g/mol. The van der Waals surface area contributed by atoms with E-state index in [9.17, 15) is 13.2 Å². The predicted octanol–water partition coefficient (Wildman–Crippen LogP) is 1.75. The summed E-state index contributed by atoms with van der Waals surface area (Å²) in [5.74, 6) is -0.746. The fourth-order valence-corrected chi connectivity index (χ4v) is 1.04. The second-order valence-electron chi connectivity index (χ2n) is 3.44. The van der Waals surface area contributed by atoms with Crippen LogP contribution >= 0.6 is 0 Å². The number of hydrogen-bond acceptors (Lipinski definition) is 2. The van der Waals surface area contributed by atoms with Crippen LogP contribution in [0.1, 0.15) is 12.5 Å². The largest absolute Gasteiger partial charge is 0.320 e. The SMILES string of the molecule is CC(N)(Cc1cccnc1F)C(F)F. The highest BCUT2D eigenvalue weighted by atomic mass is 19.3. The van der Waals surface area contributed by atoms with Crippen LogP contribution in [-0.2, 0) is 6.42 Å². The molecule has 0 aliphatic rings. The van der Waals surface area contributed by atoms with Gasteiger partial charge in [0.1, 0.15) is 0 Å². The third-order valence-corrected chi connectivity index (χ3v) is 1.91. The summed E-state index contributed by atoms with van der Waals surface area (Å²) in [5, 5.41) is 0. The van der Waals surface area contributed by atoms with Crippen molar-refractivity contribution in [3.63, 3.8) is 0 Å². The molecule has 0 aromatic carbocycles. The minimum atomic E-state index is -2.69. The third-order valence-electron chi connectivity index (χ3n) is 1.91. The molecule has 78 valence electrons. The molecule has 0 bridgehead atoms. The van der Waals surface area contributed by atoms with E-state index in [1.54, 1.807) is 0 Å². The van der Waals surface area contributed by atoms with Gasteiger partial charge in [0, 0.05) is 18.2 Å². The smallest absolute Gasteiger partial charge is 0.256 e. The van der Waals surface area contributed by atoms with Crippen LogP contribution in [0.2, 0.25) is 0 Å². The van der Waals surface area contributed by atoms with Gasteiger partial charge in [0.2, 0.25) is 5.95 Å². The summed E-state index contributed by atoms with van der Waals surface area (Å²) in [7, 11) is 0. The molecule has 0 radical (unpaired) electrons. The number of aromatic nitrogens is 1. The summed E-state index contributed by atoms with van der Waals surface area (Å²) in [6.07, 6.45) is -1.67. The Hall–Kier alpha value is -1.10. The lowest BCUT2D eigenvalue weighted by atomic mass is 9.95. The molecule has 0 saturated heterocycles. The summed E-state index contributed by atoms with van der Waals surface area (Å²) in [5.41, 5.74) is 3.71. The zero-order chi connectivity index (χ0) is 10.8. The normalized spacial score (nSPS) is 15.6. The van der Waals surface area contributed by atoms with E-state index in [-0.39, 0.29) is 12.0 Å². The average molecular weight is 204 g/mol. The summed E-state index contributed by atoms with van der Waals surface area (Å²) in [6, 6.07) is 2.88. The highest BCUT2D eigenvalue weighted by molar-refractivity contribution is 5.14. The maximum atomic E-state index is 13.0. The van der Waals surface area contributed by atoms with Crippen molar-refractivity contribution >= 4 is 0 Å². The van der Waals surface area contributed by atoms with E-state index < -0.39 is 17.9 Å². The molecule has 0 aliphatic carbocycles. The molecule has 1 aromatic heterocycles. The maximum absolute atomic E-state index is 13.0. The van der Waals surface area contributed by atoms with Crippen LogP contribution in [0.4, 0.5) is 13.2 Å². The Labute approximate surface area is 79.9 Å². The van der Waals surface area contributed by atoms with Gasteiger partial charge in [-0.05, 0) is 13.0 Å². The number of alkyl halides is 2. The van der Waals surface area contributed by atoms with Gasteiger partial charge in [-0.2, -0.15) is 4.39 Å². The van der Waals surface area contributed by atoms with Gasteiger partial charge in [-0.1, -0.05) is 6.07 Å². The van der Waals surface area contributed by atoms with Crippen molar-refractivity contribution in [1.29, 1.82) is 0 Å². The molecule has 1 aromatic rings. The van der Waals surface area contributed by atoms with Gasteiger partial charge < -0.3 is 5.73 Å². The number of nitrogens with zero attached hydrogens (tertiary/aromatic N) is 1. The lowest BCUT2D eigenvalue weighted by molar-refractivity contribution is 0.0634.